The van der Waals surface area contributed by atoms with Gasteiger partial charge in [-0.1, -0.05) is 12.1 Å². The summed E-state index contributed by atoms with van der Waals surface area (Å²) < 4.78 is 16.5. The number of nitrogens with zero attached hydrogens (tertiary/aromatic N) is 1. The van der Waals surface area contributed by atoms with Gasteiger partial charge in [0.25, 0.3) is 0 Å². The molecule has 0 bridgehead atoms. The van der Waals surface area contributed by atoms with E-state index >= 15 is 0 Å². The first-order valence-electron chi connectivity index (χ1n) is 8.94. The normalized spacial score (nSPS) is 12.3. The largest absolute Gasteiger partial charge is 0.497 e. The molecule has 0 saturated heterocycles. The highest BCUT2D eigenvalue weighted by atomic mass is 16.5. The number of methoxy groups -OCH3 is 2. The first-order chi connectivity index (χ1) is 13.0. The van der Waals surface area contributed by atoms with Crippen LogP contribution in [0.1, 0.15) is 18.1 Å². The van der Waals surface area contributed by atoms with Crippen LogP contribution in [0.15, 0.2) is 47.5 Å². The van der Waals surface area contributed by atoms with E-state index in [4.69, 9.17) is 14.2 Å². The Hall–Kier alpha value is -2.89. The molecule has 0 spiro atoms. The van der Waals surface area contributed by atoms with E-state index in [-0.39, 0.29) is 6.10 Å². The summed E-state index contributed by atoms with van der Waals surface area (Å²) >= 11 is 0. The van der Waals surface area contributed by atoms with Gasteiger partial charge in [0.1, 0.15) is 23.4 Å². The Balaban J connectivity index is 1.82. The molecule has 2 N–H and O–H groups in total. The minimum Gasteiger partial charge on any atom is -0.497 e. The number of rotatable bonds is 8. The van der Waals surface area contributed by atoms with Crippen molar-refractivity contribution in [3.63, 3.8) is 0 Å². The number of hydrogen-bond donors (Lipinski definition) is 2. The molecule has 2 aromatic rings. The average Bonchev–Trinajstić information content (AvgIpc) is 2.69. The number of benzene rings is 2. The van der Waals surface area contributed by atoms with Gasteiger partial charge in [0.2, 0.25) is 0 Å². The molecule has 0 saturated carbocycles. The van der Waals surface area contributed by atoms with E-state index < -0.39 is 0 Å². The van der Waals surface area contributed by atoms with Gasteiger partial charge in [-0.3, -0.25) is 4.99 Å². The van der Waals surface area contributed by atoms with Crippen LogP contribution in [0, 0.1) is 6.92 Å². The quantitative estimate of drug-likeness (QED) is 0.551. The smallest absolute Gasteiger partial charge is 0.191 e. The Kier molecular flexibility index (Phi) is 7.79. The van der Waals surface area contributed by atoms with Crippen LogP contribution in [-0.2, 0) is 6.54 Å². The highest BCUT2D eigenvalue weighted by molar-refractivity contribution is 5.79. The highest BCUT2D eigenvalue weighted by Gasteiger charge is 2.08. The topological polar surface area (TPSA) is 64.1 Å². The Morgan fingerprint density at radius 2 is 1.70 bits per heavy atom. The van der Waals surface area contributed by atoms with Crippen LogP contribution in [0.25, 0.3) is 0 Å². The van der Waals surface area contributed by atoms with Gasteiger partial charge in [0.05, 0.1) is 20.8 Å². The molecule has 0 aromatic heterocycles. The van der Waals surface area contributed by atoms with Crippen LogP contribution in [0.5, 0.6) is 17.2 Å². The molecule has 27 heavy (non-hydrogen) atoms. The second kappa shape index (κ2) is 10.3. The molecule has 0 aliphatic carbocycles. The molecular formula is C21H29N3O3. The molecule has 0 fully saturated rings. The van der Waals surface area contributed by atoms with Gasteiger partial charge < -0.3 is 24.8 Å². The van der Waals surface area contributed by atoms with E-state index in [0.717, 1.165) is 22.8 Å². The molecule has 0 aliphatic heterocycles. The molecule has 146 valence electrons. The van der Waals surface area contributed by atoms with Crippen LogP contribution < -0.4 is 24.8 Å². The van der Waals surface area contributed by atoms with Crippen molar-refractivity contribution < 1.29 is 14.2 Å². The van der Waals surface area contributed by atoms with Crippen LogP contribution in [0.2, 0.25) is 0 Å². The van der Waals surface area contributed by atoms with Gasteiger partial charge in [-0.05, 0) is 49.7 Å². The number of aliphatic imine (C=N–C) groups is 1. The molecule has 1 unspecified atom stereocenters. The van der Waals surface area contributed by atoms with E-state index in [1.165, 1.54) is 5.56 Å². The maximum absolute atomic E-state index is 5.90. The second-order valence-corrected chi connectivity index (χ2v) is 6.23. The molecule has 2 aromatic carbocycles. The Morgan fingerprint density at radius 3 is 2.33 bits per heavy atom. The number of nitrogens with one attached hydrogen (secondary N) is 2. The summed E-state index contributed by atoms with van der Waals surface area (Å²) in [5, 5.41) is 6.58. The first kappa shape index (κ1) is 20.4. The zero-order chi connectivity index (χ0) is 19.6. The van der Waals surface area contributed by atoms with Crippen molar-refractivity contribution in [2.75, 3.05) is 27.8 Å². The third-order valence-electron chi connectivity index (χ3n) is 4.07. The van der Waals surface area contributed by atoms with Crippen molar-refractivity contribution in [1.82, 2.24) is 10.6 Å². The van der Waals surface area contributed by atoms with Crippen LogP contribution in [0.4, 0.5) is 0 Å². The first-order valence-corrected chi connectivity index (χ1v) is 8.94. The van der Waals surface area contributed by atoms with Crippen molar-refractivity contribution in [3.05, 3.63) is 53.6 Å². The molecule has 6 heteroatoms. The van der Waals surface area contributed by atoms with Crippen molar-refractivity contribution in [2.24, 2.45) is 4.99 Å². The van der Waals surface area contributed by atoms with Crippen LogP contribution in [-0.4, -0.2) is 39.9 Å². The molecule has 0 radical (unpaired) electrons. The molecule has 0 heterocycles. The molecule has 1 atom stereocenters. The fourth-order valence-electron chi connectivity index (χ4n) is 2.57. The van der Waals surface area contributed by atoms with E-state index in [1.54, 1.807) is 21.3 Å². The van der Waals surface area contributed by atoms with Gasteiger partial charge in [-0.2, -0.15) is 0 Å². The van der Waals surface area contributed by atoms with Gasteiger partial charge in [0.15, 0.2) is 5.96 Å². The molecule has 6 nitrogen and oxygen atoms in total. The summed E-state index contributed by atoms with van der Waals surface area (Å²) in [6.07, 6.45) is -0.0224. The van der Waals surface area contributed by atoms with E-state index in [2.05, 4.69) is 27.8 Å². The Labute approximate surface area is 161 Å². The third-order valence-corrected chi connectivity index (χ3v) is 4.07. The summed E-state index contributed by atoms with van der Waals surface area (Å²) in [4.78, 5) is 4.26. The van der Waals surface area contributed by atoms with Crippen LogP contribution in [0.3, 0.4) is 0 Å². The number of ether oxygens (including phenoxy) is 3. The standard InChI is InChI=1S/C21H29N3O3/c1-15-6-7-17(20(12-15)26-5)14-24-21(22-3)23-13-16(2)27-19-10-8-18(25-4)9-11-19/h6-12,16H,13-14H2,1-5H3,(H2,22,23,24). The van der Waals surface area contributed by atoms with E-state index in [9.17, 15) is 0 Å². The molecule has 2 rings (SSSR count). The number of aryl methyl sites for hydroxylation is 1. The minimum absolute atomic E-state index is 0.0224. The van der Waals surface area contributed by atoms with Gasteiger partial charge in [-0.15, -0.1) is 0 Å². The number of hydrogen-bond acceptors (Lipinski definition) is 4. The summed E-state index contributed by atoms with van der Waals surface area (Å²) in [7, 11) is 5.08. The lowest BCUT2D eigenvalue weighted by Gasteiger charge is -2.18. The summed E-state index contributed by atoms with van der Waals surface area (Å²) in [5.41, 5.74) is 2.25. The fourth-order valence-corrected chi connectivity index (χ4v) is 2.57. The van der Waals surface area contributed by atoms with E-state index in [1.807, 2.05) is 44.2 Å². The average molecular weight is 371 g/mol. The van der Waals surface area contributed by atoms with Crippen molar-refractivity contribution >= 4 is 5.96 Å². The lowest BCUT2D eigenvalue weighted by Crippen LogP contribution is -2.41. The SMILES string of the molecule is CN=C(NCc1ccc(C)cc1OC)NCC(C)Oc1ccc(OC)cc1. The zero-order valence-electron chi connectivity index (χ0n) is 16.7. The predicted molar refractivity (Wildman–Crippen MR) is 109 cm³/mol. The summed E-state index contributed by atoms with van der Waals surface area (Å²) in [5.74, 6) is 3.19. The second-order valence-electron chi connectivity index (χ2n) is 6.23. The lowest BCUT2D eigenvalue weighted by molar-refractivity contribution is 0.223. The van der Waals surface area contributed by atoms with Gasteiger partial charge >= 0.3 is 0 Å². The summed E-state index contributed by atoms with van der Waals surface area (Å²) in [6, 6.07) is 13.7. The van der Waals surface area contributed by atoms with Crippen molar-refractivity contribution in [1.29, 1.82) is 0 Å². The lowest BCUT2D eigenvalue weighted by atomic mass is 10.1. The Morgan fingerprint density at radius 1 is 1.00 bits per heavy atom. The van der Waals surface area contributed by atoms with Crippen molar-refractivity contribution in [3.8, 4) is 17.2 Å². The third kappa shape index (κ3) is 6.40. The maximum atomic E-state index is 5.90. The zero-order valence-corrected chi connectivity index (χ0v) is 16.7. The van der Waals surface area contributed by atoms with Gasteiger partial charge in [0, 0.05) is 19.2 Å². The Bertz CT molecular complexity index is 745. The molecular weight excluding hydrogens is 342 g/mol. The highest BCUT2D eigenvalue weighted by Crippen LogP contribution is 2.20. The fraction of sp³-hybridized carbons (Fsp3) is 0.381. The summed E-state index contributed by atoms with van der Waals surface area (Å²) in [6.45, 7) is 5.30. The molecule has 0 amide bonds. The molecule has 0 aliphatic rings. The monoisotopic (exact) mass is 371 g/mol. The number of guanidine groups is 1. The van der Waals surface area contributed by atoms with Gasteiger partial charge in [-0.25, -0.2) is 0 Å². The van der Waals surface area contributed by atoms with Crippen LogP contribution >= 0.6 is 0 Å². The van der Waals surface area contributed by atoms with E-state index in [0.29, 0.717) is 19.0 Å². The minimum atomic E-state index is -0.0224. The maximum Gasteiger partial charge on any atom is 0.191 e. The van der Waals surface area contributed by atoms with Crippen molar-refractivity contribution in [2.45, 2.75) is 26.5 Å². The predicted octanol–water partition coefficient (Wildman–Crippen LogP) is 3.14.